The maximum atomic E-state index is 11.6. The van der Waals surface area contributed by atoms with Crippen molar-refractivity contribution in [3.63, 3.8) is 0 Å². The van der Waals surface area contributed by atoms with Crippen LogP contribution in [0.5, 0.6) is 0 Å². The van der Waals surface area contributed by atoms with Gasteiger partial charge in [-0.15, -0.1) is 0 Å². The SMILES string of the molecule is CC(C)CCNC(=O)CN(C)S(=O)(=O)N(C)C. The maximum Gasteiger partial charge on any atom is 0.281 e. The minimum atomic E-state index is -3.51. The van der Waals surface area contributed by atoms with Crippen molar-refractivity contribution < 1.29 is 13.2 Å². The highest BCUT2D eigenvalue weighted by molar-refractivity contribution is 7.86. The molecule has 0 aliphatic carbocycles. The highest BCUT2D eigenvalue weighted by Gasteiger charge is 2.22. The van der Waals surface area contributed by atoms with Crippen LogP contribution in [0.4, 0.5) is 0 Å². The molecule has 0 saturated carbocycles. The molecule has 0 aliphatic heterocycles. The fourth-order valence-corrected chi connectivity index (χ4v) is 1.96. The molecular formula is C10H23N3O3S. The van der Waals surface area contributed by atoms with Gasteiger partial charge in [-0.3, -0.25) is 4.79 Å². The molecule has 0 radical (unpaired) electrons. The molecule has 0 aromatic heterocycles. The van der Waals surface area contributed by atoms with E-state index in [2.05, 4.69) is 19.2 Å². The van der Waals surface area contributed by atoms with E-state index in [1.165, 1.54) is 21.1 Å². The van der Waals surface area contributed by atoms with E-state index in [-0.39, 0.29) is 12.5 Å². The Balaban J connectivity index is 4.13. The molecule has 0 aromatic rings. The molecule has 0 fully saturated rings. The third kappa shape index (κ3) is 5.99. The number of carbonyl (C=O) groups excluding carboxylic acids is 1. The first-order valence-corrected chi connectivity index (χ1v) is 6.98. The molecule has 0 atom stereocenters. The average Bonchev–Trinajstić information content (AvgIpc) is 2.16. The van der Waals surface area contributed by atoms with Gasteiger partial charge in [-0.2, -0.15) is 17.0 Å². The van der Waals surface area contributed by atoms with Gasteiger partial charge < -0.3 is 5.32 Å². The summed E-state index contributed by atoms with van der Waals surface area (Å²) >= 11 is 0. The fraction of sp³-hybridized carbons (Fsp3) is 0.900. The largest absolute Gasteiger partial charge is 0.355 e. The number of likely N-dealkylation sites (N-methyl/N-ethyl adjacent to an activating group) is 1. The average molecular weight is 265 g/mol. The summed E-state index contributed by atoms with van der Waals surface area (Å²) in [6.07, 6.45) is 0.885. The van der Waals surface area contributed by atoms with E-state index in [0.717, 1.165) is 15.0 Å². The third-order valence-electron chi connectivity index (χ3n) is 2.27. The summed E-state index contributed by atoms with van der Waals surface area (Å²) in [5, 5.41) is 2.69. The number of amides is 1. The predicted molar refractivity (Wildman–Crippen MR) is 67.7 cm³/mol. The lowest BCUT2D eigenvalue weighted by molar-refractivity contribution is -0.121. The molecule has 1 amide bonds. The van der Waals surface area contributed by atoms with Gasteiger partial charge in [-0.1, -0.05) is 13.8 Å². The summed E-state index contributed by atoms with van der Waals surface area (Å²) in [6, 6.07) is 0. The van der Waals surface area contributed by atoms with Crippen LogP contribution in [-0.4, -0.2) is 57.2 Å². The van der Waals surface area contributed by atoms with E-state index in [0.29, 0.717) is 12.5 Å². The highest BCUT2D eigenvalue weighted by atomic mass is 32.2. The van der Waals surface area contributed by atoms with Crippen LogP contribution in [0.3, 0.4) is 0 Å². The van der Waals surface area contributed by atoms with Gasteiger partial charge in [0.1, 0.15) is 0 Å². The molecule has 0 spiro atoms. The number of carbonyl (C=O) groups is 1. The van der Waals surface area contributed by atoms with E-state index in [4.69, 9.17) is 0 Å². The van der Waals surface area contributed by atoms with Gasteiger partial charge in [0.25, 0.3) is 10.2 Å². The van der Waals surface area contributed by atoms with Gasteiger partial charge in [0, 0.05) is 27.7 Å². The topological polar surface area (TPSA) is 69.7 Å². The third-order valence-corrected chi connectivity index (χ3v) is 4.11. The Morgan fingerprint density at radius 3 is 2.18 bits per heavy atom. The molecule has 0 saturated heterocycles. The lowest BCUT2D eigenvalue weighted by atomic mass is 10.1. The van der Waals surface area contributed by atoms with E-state index in [1.807, 2.05) is 0 Å². The van der Waals surface area contributed by atoms with Crippen LogP contribution in [0.1, 0.15) is 20.3 Å². The van der Waals surface area contributed by atoms with Crippen LogP contribution in [0, 0.1) is 5.92 Å². The Morgan fingerprint density at radius 1 is 1.24 bits per heavy atom. The van der Waals surface area contributed by atoms with E-state index < -0.39 is 10.2 Å². The van der Waals surface area contributed by atoms with E-state index >= 15 is 0 Å². The van der Waals surface area contributed by atoms with Crippen LogP contribution < -0.4 is 5.32 Å². The second-order valence-corrected chi connectivity index (χ2v) is 6.83. The summed E-state index contributed by atoms with van der Waals surface area (Å²) in [7, 11) is 0.745. The molecule has 1 N–H and O–H groups in total. The van der Waals surface area contributed by atoms with Crippen molar-refractivity contribution in [2.75, 3.05) is 34.2 Å². The highest BCUT2D eigenvalue weighted by Crippen LogP contribution is 2.00. The Morgan fingerprint density at radius 2 is 1.76 bits per heavy atom. The van der Waals surface area contributed by atoms with Crippen LogP contribution in [-0.2, 0) is 15.0 Å². The van der Waals surface area contributed by atoms with Crippen molar-refractivity contribution in [2.24, 2.45) is 5.92 Å². The Kier molecular flexibility index (Phi) is 6.66. The summed E-state index contributed by atoms with van der Waals surface area (Å²) in [4.78, 5) is 11.5. The van der Waals surface area contributed by atoms with Crippen molar-refractivity contribution in [3.8, 4) is 0 Å². The maximum absolute atomic E-state index is 11.6. The number of nitrogens with one attached hydrogen (secondary N) is 1. The van der Waals surface area contributed by atoms with Gasteiger partial charge in [0.15, 0.2) is 0 Å². The van der Waals surface area contributed by atoms with Crippen LogP contribution in [0.15, 0.2) is 0 Å². The molecular weight excluding hydrogens is 242 g/mol. The number of nitrogens with zero attached hydrogens (tertiary/aromatic N) is 2. The molecule has 0 bridgehead atoms. The standard InChI is InChI=1S/C10H23N3O3S/c1-9(2)6-7-11-10(14)8-13(5)17(15,16)12(3)4/h9H,6-8H2,1-5H3,(H,11,14). The van der Waals surface area contributed by atoms with Gasteiger partial charge in [0.05, 0.1) is 6.54 Å². The molecule has 17 heavy (non-hydrogen) atoms. The molecule has 102 valence electrons. The van der Waals surface area contributed by atoms with E-state index in [9.17, 15) is 13.2 Å². The van der Waals surface area contributed by atoms with Gasteiger partial charge in [0.2, 0.25) is 5.91 Å². The number of rotatable bonds is 7. The smallest absolute Gasteiger partial charge is 0.281 e. The van der Waals surface area contributed by atoms with Gasteiger partial charge in [-0.05, 0) is 12.3 Å². The van der Waals surface area contributed by atoms with Crippen LogP contribution in [0.25, 0.3) is 0 Å². The lowest BCUT2D eigenvalue weighted by Gasteiger charge is -2.20. The van der Waals surface area contributed by atoms with Crippen LogP contribution in [0.2, 0.25) is 0 Å². The zero-order chi connectivity index (χ0) is 13.6. The summed E-state index contributed by atoms with van der Waals surface area (Å²) < 4.78 is 25.3. The molecule has 0 rings (SSSR count). The van der Waals surface area contributed by atoms with Gasteiger partial charge in [-0.25, -0.2) is 0 Å². The number of hydrogen-bond donors (Lipinski definition) is 1. The molecule has 0 heterocycles. The molecule has 0 aliphatic rings. The predicted octanol–water partition coefficient (Wildman–Crippen LogP) is -0.113. The summed E-state index contributed by atoms with van der Waals surface area (Å²) in [5.74, 6) is 0.233. The first kappa shape index (κ1) is 16.3. The zero-order valence-corrected chi connectivity index (χ0v) is 12.0. The first-order valence-electron chi connectivity index (χ1n) is 5.58. The first-order chi connectivity index (χ1) is 7.67. The minimum Gasteiger partial charge on any atom is -0.355 e. The van der Waals surface area contributed by atoms with Crippen molar-refractivity contribution in [1.82, 2.24) is 13.9 Å². The minimum absolute atomic E-state index is 0.154. The van der Waals surface area contributed by atoms with Crippen molar-refractivity contribution >= 4 is 16.1 Å². The van der Waals surface area contributed by atoms with Crippen molar-refractivity contribution in [2.45, 2.75) is 20.3 Å². The Hall–Kier alpha value is -0.660. The lowest BCUT2D eigenvalue weighted by Crippen LogP contribution is -2.43. The van der Waals surface area contributed by atoms with Crippen molar-refractivity contribution in [1.29, 1.82) is 0 Å². The summed E-state index contributed by atoms with van der Waals surface area (Å²) in [5.41, 5.74) is 0. The number of hydrogen-bond acceptors (Lipinski definition) is 3. The molecule has 0 unspecified atom stereocenters. The van der Waals surface area contributed by atoms with Crippen LogP contribution >= 0.6 is 0 Å². The Labute approximate surface area is 104 Å². The zero-order valence-electron chi connectivity index (χ0n) is 11.2. The second kappa shape index (κ2) is 6.93. The monoisotopic (exact) mass is 265 g/mol. The fourth-order valence-electron chi connectivity index (χ4n) is 1.12. The second-order valence-electron chi connectivity index (χ2n) is 4.58. The van der Waals surface area contributed by atoms with Gasteiger partial charge >= 0.3 is 0 Å². The molecule has 7 heteroatoms. The Bertz CT molecular complexity index is 339. The normalized spacial score (nSPS) is 12.5. The quantitative estimate of drug-likeness (QED) is 0.698. The molecule has 6 nitrogen and oxygen atoms in total. The summed E-state index contributed by atoms with van der Waals surface area (Å²) in [6.45, 7) is 4.55. The van der Waals surface area contributed by atoms with E-state index in [1.54, 1.807) is 0 Å². The van der Waals surface area contributed by atoms with Crippen molar-refractivity contribution in [3.05, 3.63) is 0 Å². The molecule has 0 aromatic carbocycles.